The highest BCUT2D eigenvalue weighted by atomic mass is 35.5. The maximum Gasteiger partial charge on any atom is 0.227 e. The van der Waals surface area contributed by atoms with Gasteiger partial charge >= 0.3 is 0 Å². The van der Waals surface area contributed by atoms with Gasteiger partial charge in [0.25, 0.3) is 0 Å². The first-order valence-corrected chi connectivity index (χ1v) is 5.23. The first-order chi connectivity index (χ1) is 7.44. The summed E-state index contributed by atoms with van der Waals surface area (Å²) in [6, 6.07) is 3.35. The van der Waals surface area contributed by atoms with Crippen LogP contribution in [0, 0.1) is 0 Å². The Kier molecular flexibility index (Phi) is 2.56. The summed E-state index contributed by atoms with van der Waals surface area (Å²) >= 11 is 5.91. The van der Waals surface area contributed by atoms with Crippen LogP contribution >= 0.6 is 11.6 Å². The van der Waals surface area contributed by atoms with E-state index in [0.717, 1.165) is 0 Å². The molecule has 0 fully saturated rings. The molecule has 16 heavy (non-hydrogen) atoms. The van der Waals surface area contributed by atoms with Crippen LogP contribution in [0.1, 0.15) is 19.7 Å². The van der Waals surface area contributed by atoms with Crippen molar-refractivity contribution in [2.45, 2.75) is 19.4 Å². The molecule has 0 bridgehead atoms. The summed E-state index contributed by atoms with van der Waals surface area (Å²) < 4.78 is 10.9. The second kappa shape index (κ2) is 3.64. The van der Waals surface area contributed by atoms with Gasteiger partial charge in [-0.05, 0) is 19.9 Å². The van der Waals surface area contributed by atoms with E-state index in [2.05, 4.69) is 4.98 Å². The number of nitrogens with two attached hydrogens (primary N) is 1. The zero-order chi connectivity index (χ0) is 11.9. The Morgan fingerprint density at radius 2 is 2.12 bits per heavy atom. The minimum absolute atomic E-state index is 0.475. The van der Waals surface area contributed by atoms with Crippen LogP contribution in [0.25, 0.3) is 11.1 Å². The molecule has 0 amide bonds. The normalized spacial score (nSPS) is 12.2. The minimum Gasteiger partial charge on any atom is -0.437 e. The molecule has 0 aliphatic rings. The molecule has 2 rings (SSSR count). The molecule has 86 valence electrons. The fourth-order valence-corrected chi connectivity index (χ4v) is 1.47. The van der Waals surface area contributed by atoms with E-state index < -0.39 is 5.60 Å². The lowest BCUT2D eigenvalue weighted by atomic mass is 10.1. The van der Waals surface area contributed by atoms with Gasteiger partial charge in [-0.1, -0.05) is 11.6 Å². The number of aromatic nitrogens is 1. The van der Waals surface area contributed by atoms with Gasteiger partial charge < -0.3 is 14.9 Å². The zero-order valence-electron chi connectivity index (χ0n) is 9.37. The summed E-state index contributed by atoms with van der Waals surface area (Å²) in [6.07, 6.45) is 0. The molecule has 1 aromatic carbocycles. The summed E-state index contributed by atoms with van der Waals surface area (Å²) in [5.74, 6) is 0.506. The number of nitrogen functional groups attached to an aromatic ring is 1. The van der Waals surface area contributed by atoms with E-state index in [1.165, 1.54) is 0 Å². The van der Waals surface area contributed by atoms with Crippen molar-refractivity contribution in [3.05, 3.63) is 23.0 Å². The minimum atomic E-state index is -0.569. The predicted molar refractivity (Wildman–Crippen MR) is 63.5 cm³/mol. The molecule has 0 radical (unpaired) electrons. The van der Waals surface area contributed by atoms with Crippen LogP contribution in [-0.4, -0.2) is 12.1 Å². The van der Waals surface area contributed by atoms with Gasteiger partial charge in [0.05, 0.1) is 10.7 Å². The second-order valence-corrected chi connectivity index (χ2v) is 4.48. The summed E-state index contributed by atoms with van der Waals surface area (Å²) in [5, 5.41) is 0.475. The van der Waals surface area contributed by atoms with Crippen LogP contribution in [0.2, 0.25) is 5.02 Å². The molecule has 0 saturated carbocycles. The van der Waals surface area contributed by atoms with Gasteiger partial charge in [0.2, 0.25) is 5.89 Å². The van der Waals surface area contributed by atoms with Crippen LogP contribution in [0.5, 0.6) is 0 Å². The summed E-state index contributed by atoms with van der Waals surface area (Å²) in [6.45, 7) is 3.76. The van der Waals surface area contributed by atoms with Gasteiger partial charge in [-0.25, -0.2) is 4.98 Å². The molecule has 2 aromatic rings. The average molecular weight is 241 g/mol. The molecule has 4 nitrogen and oxygen atoms in total. The topological polar surface area (TPSA) is 61.3 Å². The lowest BCUT2D eigenvalue weighted by Crippen LogP contribution is -2.19. The first-order valence-electron chi connectivity index (χ1n) is 4.85. The molecule has 0 unspecified atom stereocenters. The van der Waals surface area contributed by atoms with E-state index in [1.54, 1.807) is 19.2 Å². The third-order valence-electron chi connectivity index (χ3n) is 2.53. The van der Waals surface area contributed by atoms with E-state index >= 15 is 0 Å². The van der Waals surface area contributed by atoms with Crippen molar-refractivity contribution in [1.82, 2.24) is 4.98 Å². The van der Waals surface area contributed by atoms with E-state index in [4.69, 9.17) is 26.5 Å². The Hall–Kier alpha value is -1.26. The Balaban J connectivity index is 2.61. The molecular formula is C11H13ClN2O2. The Labute approximate surface area is 98.3 Å². The van der Waals surface area contributed by atoms with E-state index in [9.17, 15) is 0 Å². The van der Waals surface area contributed by atoms with Crippen molar-refractivity contribution in [3.8, 4) is 0 Å². The molecule has 2 N–H and O–H groups in total. The van der Waals surface area contributed by atoms with Gasteiger partial charge in [0.15, 0.2) is 5.58 Å². The third-order valence-corrected chi connectivity index (χ3v) is 2.86. The highest BCUT2D eigenvalue weighted by Gasteiger charge is 2.26. The largest absolute Gasteiger partial charge is 0.437 e. The van der Waals surface area contributed by atoms with Gasteiger partial charge in [-0.15, -0.1) is 0 Å². The van der Waals surface area contributed by atoms with E-state index in [-0.39, 0.29) is 0 Å². The Morgan fingerprint density at radius 3 is 2.75 bits per heavy atom. The SMILES string of the molecule is COC(C)(C)c1nc2cc(Cl)c(N)cc2o1. The maximum absolute atomic E-state index is 5.91. The van der Waals surface area contributed by atoms with Crippen LogP contribution < -0.4 is 5.73 Å². The van der Waals surface area contributed by atoms with Crippen molar-refractivity contribution in [3.63, 3.8) is 0 Å². The number of benzene rings is 1. The standard InChI is InChI=1S/C11H13ClN2O2/c1-11(2,15-3)10-14-8-4-6(12)7(13)5-9(8)16-10/h4-5H,13H2,1-3H3. The summed E-state index contributed by atoms with van der Waals surface area (Å²) in [4.78, 5) is 4.33. The summed E-state index contributed by atoms with van der Waals surface area (Å²) in [7, 11) is 1.61. The molecule has 0 saturated heterocycles. The highest BCUT2D eigenvalue weighted by Crippen LogP contribution is 2.30. The maximum atomic E-state index is 5.91. The van der Waals surface area contributed by atoms with Crippen molar-refractivity contribution < 1.29 is 9.15 Å². The molecular weight excluding hydrogens is 228 g/mol. The molecule has 5 heteroatoms. The van der Waals surface area contributed by atoms with Crippen molar-refractivity contribution in [2.24, 2.45) is 0 Å². The quantitative estimate of drug-likeness (QED) is 0.820. The number of halogens is 1. The number of anilines is 1. The Morgan fingerprint density at radius 1 is 1.44 bits per heavy atom. The van der Waals surface area contributed by atoms with Crippen molar-refractivity contribution >= 4 is 28.4 Å². The number of oxazole rings is 1. The van der Waals surface area contributed by atoms with Gasteiger partial charge in [-0.3, -0.25) is 0 Å². The van der Waals surface area contributed by atoms with Crippen LogP contribution in [0.15, 0.2) is 16.5 Å². The number of methoxy groups -OCH3 is 1. The number of rotatable bonds is 2. The number of fused-ring (bicyclic) bond motifs is 1. The molecule has 0 aliphatic carbocycles. The van der Waals surface area contributed by atoms with Gasteiger partial charge in [-0.2, -0.15) is 0 Å². The third kappa shape index (κ3) is 1.74. The molecule has 0 aliphatic heterocycles. The van der Waals surface area contributed by atoms with Gasteiger partial charge in [0.1, 0.15) is 11.1 Å². The van der Waals surface area contributed by atoms with Crippen LogP contribution in [-0.2, 0) is 10.3 Å². The van der Waals surface area contributed by atoms with E-state index in [1.807, 2.05) is 13.8 Å². The smallest absolute Gasteiger partial charge is 0.227 e. The second-order valence-electron chi connectivity index (χ2n) is 4.07. The monoisotopic (exact) mass is 240 g/mol. The molecule has 0 atom stereocenters. The van der Waals surface area contributed by atoms with E-state index in [0.29, 0.717) is 27.7 Å². The van der Waals surface area contributed by atoms with Crippen molar-refractivity contribution in [2.75, 3.05) is 12.8 Å². The highest BCUT2D eigenvalue weighted by molar-refractivity contribution is 6.33. The predicted octanol–water partition coefficient (Wildman–Crippen LogP) is 2.94. The fourth-order valence-electron chi connectivity index (χ4n) is 1.31. The number of hydrogen-bond acceptors (Lipinski definition) is 4. The average Bonchev–Trinajstić information content (AvgIpc) is 2.62. The molecule has 0 spiro atoms. The van der Waals surface area contributed by atoms with Crippen LogP contribution in [0.4, 0.5) is 5.69 Å². The summed E-state index contributed by atoms with van der Waals surface area (Å²) in [5.41, 5.74) is 6.89. The lowest BCUT2D eigenvalue weighted by molar-refractivity contribution is -0.00241. The molecule has 1 heterocycles. The fraction of sp³-hybridized carbons (Fsp3) is 0.364. The Bertz CT molecular complexity index is 495. The molecule has 1 aromatic heterocycles. The van der Waals surface area contributed by atoms with Gasteiger partial charge in [0, 0.05) is 13.2 Å². The zero-order valence-corrected chi connectivity index (χ0v) is 10.1. The van der Waals surface area contributed by atoms with Crippen LogP contribution in [0.3, 0.4) is 0 Å². The number of hydrogen-bond donors (Lipinski definition) is 1. The number of ether oxygens (including phenoxy) is 1. The first kappa shape index (κ1) is 11.2. The lowest BCUT2D eigenvalue weighted by Gasteiger charge is -2.17. The van der Waals surface area contributed by atoms with Crippen molar-refractivity contribution in [1.29, 1.82) is 0 Å². The number of nitrogens with zero attached hydrogens (tertiary/aromatic N) is 1.